The summed E-state index contributed by atoms with van der Waals surface area (Å²) in [5.74, 6) is -0.714. The molecule has 0 saturated carbocycles. The van der Waals surface area contributed by atoms with Crippen molar-refractivity contribution in [2.45, 2.75) is 37.3 Å². The predicted molar refractivity (Wildman–Crippen MR) is 95.8 cm³/mol. The summed E-state index contributed by atoms with van der Waals surface area (Å²) in [4.78, 5) is 12.8. The molecular formula is C20H24N2O4. The SMILES string of the molecule is COC(=O)C1=C2Nc3ccccc3C23CC[N+]2([O-])C[C@H]([C@@H](C)O)[C@@H]1C[C@@H]32. The molecule has 1 spiro atoms. The molecule has 2 fully saturated rings. The molecule has 4 aliphatic rings. The molecule has 26 heavy (non-hydrogen) atoms. The van der Waals surface area contributed by atoms with Crippen molar-refractivity contribution >= 4 is 11.7 Å². The summed E-state index contributed by atoms with van der Waals surface area (Å²) in [6.07, 6.45) is 0.713. The zero-order valence-electron chi connectivity index (χ0n) is 15.1. The third-order valence-electron chi connectivity index (χ3n) is 7.31. The van der Waals surface area contributed by atoms with E-state index >= 15 is 0 Å². The van der Waals surface area contributed by atoms with Gasteiger partial charge in [0.1, 0.15) is 6.04 Å². The number of quaternary nitrogens is 1. The number of carbonyl (C=O) groups excluding carboxylic acids is 1. The Morgan fingerprint density at radius 3 is 2.96 bits per heavy atom. The molecule has 0 radical (unpaired) electrons. The van der Waals surface area contributed by atoms with Crippen LogP contribution in [0.3, 0.4) is 0 Å². The number of nitrogens with zero attached hydrogens (tertiary/aromatic N) is 1. The summed E-state index contributed by atoms with van der Waals surface area (Å²) in [7, 11) is 1.40. The van der Waals surface area contributed by atoms with E-state index in [4.69, 9.17) is 4.74 Å². The standard InChI is InChI=1S/C20H24N2O4/c1-11(23)13-10-22(25)8-7-20-14-5-3-4-6-15(14)21-18(20)17(19(24)26-2)12(13)9-16(20)22/h3-6,11-13,16,21,23H,7-10H2,1-2H3/t11-,12+,13-,16+,20?,22?/m1/s1. The van der Waals surface area contributed by atoms with Gasteiger partial charge < -0.3 is 25.0 Å². The number of fused-ring (bicyclic) bond motifs is 2. The highest BCUT2D eigenvalue weighted by Crippen LogP contribution is 2.63. The molecule has 3 aliphatic heterocycles. The Bertz CT molecular complexity index is 835. The number of hydrogen-bond acceptors (Lipinski definition) is 5. The molecule has 0 aromatic heterocycles. The number of benzene rings is 1. The number of aliphatic hydroxyl groups excluding tert-OH is 1. The maximum absolute atomic E-state index is 13.7. The minimum absolute atomic E-state index is 0.109. The summed E-state index contributed by atoms with van der Waals surface area (Å²) < 4.78 is 4.88. The zero-order chi connectivity index (χ0) is 18.3. The van der Waals surface area contributed by atoms with Crippen LogP contribution in [0.1, 0.15) is 25.3 Å². The van der Waals surface area contributed by atoms with Crippen LogP contribution in [0, 0.1) is 17.0 Å². The van der Waals surface area contributed by atoms with Crippen molar-refractivity contribution in [1.82, 2.24) is 0 Å². The molecule has 6 nitrogen and oxygen atoms in total. The number of rotatable bonds is 2. The lowest BCUT2D eigenvalue weighted by Crippen LogP contribution is -2.64. The second-order valence-corrected chi connectivity index (χ2v) is 8.29. The summed E-state index contributed by atoms with van der Waals surface area (Å²) in [5, 5.41) is 27.6. The van der Waals surface area contributed by atoms with Gasteiger partial charge in [-0.2, -0.15) is 0 Å². The second-order valence-electron chi connectivity index (χ2n) is 8.29. The van der Waals surface area contributed by atoms with Gasteiger partial charge in [-0.1, -0.05) is 18.2 Å². The van der Waals surface area contributed by atoms with Gasteiger partial charge >= 0.3 is 5.97 Å². The highest BCUT2D eigenvalue weighted by molar-refractivity contribution is 5.93. The van der Waals surface area contributed by atoms with E-state index in [0.29, 0.717) is 25.1 Å². The molecule has 0 amide bonds. The number of anilines is 1. The fourth-order valence-electron chi connectivity index (χ4n) is 6.25. The van der Waals surface area contributed by atoms with Crippen LogP contribution in [0.15, 0.2) is 35.5 Å². The molecular weight excluding hydrogens is 332 g/mol. The minimum atomic E-state index is -0.637. The quantitative estimate of drug-likeness (QED) is 0.480. The molecule has 2 bridgehead atoms. The number of esters is 1. The van der Waals surface area contributed by atoms with Crippen LogP contribution >= 0.6 is 0 Å². The van der Waals surface area contributed by atoms with E-state index in [0.717, 1.165) is 23.4 Å². The Morgan fingerprint density at radius 1 is 1.46 bits per heavy atom. The van der Waals surface area contributed by atoms with Gasteiger partial charge in [0.15, 0.2) is 0 Å². The van der Waals surface area contributed by atoms with Gasteiger partial charge in [-0.15, -0.1) is 0 Å². The molecule has 5 rings (SSSR count). The fraction of sp³-hybridized carbons (Fsp3) is 0.550. The third-order valence-corrected chi connectivity index (χ3v) is 7.31. The summed E-state index contributed by atoms with van der Waals surface area (Å²) in [6, 6.07) is 7.96. The number of ether oxygens (including phenoxy) is 1. The minimum Gasteiger partial charge on any atom is -0.633 e. The molecule has 2 saturated heterocycles. The van der Waals surface area contributed by atoms with Crippen LogP contribution < -0.4 is 5.32 Å². The van der Waals surface area contributed by atoms with Crippen LogP contribution in [0.25, 0.3) is 0 Å². The molecule has 3 heterocycles. The molecule has 1 aliphatic carbocycles. The van der Waals surface area contributed by atoms with Crippen molar-refractivity contribution < 1.29 is 19.3 Å². The van der Waals surface area contributed by atoms with E-state index in [1.54, 1.807) is 6.92 Å². The van der Waals surface area contributed by atoms with Crippen molar-refractivity contribution in [2.24, 2.45) is 11.8 Å². The molecule has 2 unspecified atom stereocenters. The van der Waals surface area contributed by atoms with E-state index in [2.05, 4.69) is 11.4 Å². The monoisotopic (exact) mass is 356 g/mol. The zero-order valence-corrected chi connectivity index (χ0v) is 15.1. The number of para-hydroxylation sites is 1. The Labute approximate surface area is 152 Å². The average Bonchev–Trinajstić information content (AvgIpc) is 3.14. The number of carbonyl (C=O) groups is 1. The number of piperidine rings is 1. The molecule has 2 N–H and O–H groups in total. The Kier molecular flexibility index (Phi) is 3.19. The van der Waals surface area contributed by atoms with Crippen molar-refractivity contribution in [3.8, 4) is 0 Å². The fourth-order valence-corrected chi connectivity index (χ4v) is 6.25. The van der Waals surface area contributed by atoms with Gasteiger partial charge in [0, 0.05) is 36.1 Å². The lowest BCUT2D eigenvalue weighted by molar-refractivity contribution is -0.905. The summed E-state index contributed by atoms with van der Waals surface area (Å²) >= 11 is 0. The van der Waals surface area contributed by atoms with Crippen LogP contribution in [-0.4, -0.2) is 48.1 Å². The van der Waals surface area contributed by atoms with Crippen molar-refractivity contribution in [3.05, 3.63) is 46.3 Å². The Morgan fingerprint density at radius 2 is 2.23 bits per heavy atom. The smallest absolute Gasteiger partial charge is 0.335 e. The first-order chi connectivity index (χ1) is 12.4. The van der Waals surface area contributed by atoms with E-state index in [-0.39, 0.29) is 28.5 Å². The first-order valence-corrected chi connectivity index (χ1v) is 9.37. The van der Waals surface area contributed by atoms with E-state index in [1.165, 1.54) is 7.11 Å². The highest BCUT2D eigenvalue weighted by atomic mass is 16.6. The lowest BCUT2D eigenvalue weighted by Gasteiger charge is -2.58. The van der Waals surface area contributed by atoms with Crippen LogP contribution in [0.2, 0.25) is 0 Å². The number of methoxy groups -OCH3 is 1. The maximum Gasteiger partial charge on any atom is 0.335 e. The largest absolute Gasteiger partial charge is 0.633 e. The summed E-state index contributed by atoms with van der Waals surface area (Å²) in [5.41, 5.74) is 3.18. The van der Waals surface area contributed by atoms with Crippen LogP contribution in [0.4, 0.5) is 5.69 Å². The Balaban J connectivity index is 1.80. The van der Waals surface area contributed by atoms with Gasteiger partial charge in [0.05, 0.1) is 37.3 Å². The number of nitrogens with one attached hydrogen (secondary N) is 1. The number of hydroxylamine groups is 3. The lowest BCUT2D eigenvalue weighted by atomic mass is 9.60. The van der Waals surface area contributed by atoms with Gasteiger partial charge in [-0.3, -0.25) is 0 Å². The molecule has 1 aromatic carbocycles. The van der Waals surface area contributed by atoms with Crippen LogP contribution in [0.5, 0.6) is 0 Å². The molecule has 1 aromatic rings. The molecule has 6 heteroatoms. The van der Waals surface area contributed by atoms with Gasteiger partial charge in [0.2, 0.25) is 0 Å². The van der Waals surface area contributed by atoms with E-state index in [9.17, 15) is 15.1 Å². The van der Waals surface area contributed by atoms with Gasteiger partial charge in [-0.05, 0) is 18.6 Å². The first-order valence-electron chi connectivity index (χ1n) is 9.37. The average molecular weight is 356 g/mol. The molecule has 138 valence electrons. The predicted octanol–water partition coefficient (Wildman–Crippen LogP) is 1.89. The van der Waals surface area contributed by atoms with Gasteiger partial charge in [-0.25, -0.2) is 4.79 Å². The second kappa shape index (κ2) is 5.09. The molecule has 6 atom stereocenters. The van der Waals surface area contributed by atoms with Gasteiger partial charge in [0.25, 0.3) is 0 Å². The summed E-state index contributed by atoms with van der Waals surface area (Å²) in [6.45, 7) is 2.62. The highest BCUT2D eigenvalue weighted by Gasteiger charge is 2.68. The van der Waals surface area contributed by atoms with E-state index < -0.39 is 11.5 Å². The van der Waals surface area contributed by atoms with Crippen molar-refractivity contribution in [1.29, 1.82) is 0 Å². The van der Waals surface area contributed by atoms with E-state index in [1.807, 2.05) is 18.2 Å². The topological polar surface area (TPSA) is 81.6 Å². The Hall–Kier alpha value is -1.89. The van der Waals surface area contributed by atoms with Crippen LogP contribution in [-0.2, 0) is 14.9 Å². The maximum atomic E-state index is 13.7. The number of hydrogen-bond donors (Lipinski definition) is 2. The third kappa shape index (κ3) is 1.75. The normalized spacial score (nSPS) is 40.5. The number of aliphatic hydroxyl groups is 1. The van der Waals surface area contributed by atoms with Crippen molar-refractivity contribution in [2.75, 3.05) is 25.5 Å². The van der Waals surface area contributed by atoms with Crippen molar-refractivity contribution in [3.63, 3.8) is 0 Å². The first kappa shape index (κ1) is 16.3.